The molecule has 0 aliphatic carbocycles. The molecular weight excluding hydrogens is 220 g/mol. The highest BCUT2D eigenvalue weighted by molar-refractivity contribution is 7.98. The van der Waals surface area contributed by atoms with Gasteiger partial charge in [-0.15, -0.1) is 0 Å². The number of thioether (sulfide) groups is 1. The van der Waals surface area contributed by atoms with Gasteiger partial charge in [0.2, 0.25) is 0 Å². The van der Waals surface area contributed by atoms with E-state index in [1.807, 2.05) is 24.9 Å². The van der Waals surface area contributed by atoms with E-state index in [4.69, 9.17) is 0 Å². The van der Waals surface area contributed by atoms with E-state index in [9.17, 15) is 0 Å². The summed E-state index contributed by atoms with van der Waals surface area (Å²) < 4.78 is 0. The monoisotopic (exact) mass is 240 g/mol. The first kappa shape index (κ1) is 13.3. The molecule has 1 heterocycles. The zero-order chi connectivity index (χ0) is 11.8. The van der Waals surface area contributed by atoms with E-state index in [1.165, 1.54) is 0 Å². The molecular formula is C11H20N4S. The summed E-state index contributed by atoms with van der Waals surface area (Å²) >= 11 is 1.89. The molecule has 16 heavy (non-hydrogen) atoms. The third-order valence-corrected chi connectivity index (χ3v) is 2.97. The fourth-order valence-electron chi connectivity index (χ4n) is 1.13. The molecule has 0 atom stereocenters. The smallest absolute Gasteiger partial charge is 0.144 e. The van der Waals surface area contributed by atoms with Gasteiger partial charge < -0.3 is 10.2 Å². The van der Waals surface area contributed by atoms with Gasteiger partial charge in [-0.25, -0.2) is 4.98 Å². The summed E-state index contributed by atoms with van der Waals surface area (Å²) in [4.78, 5) is 10.8. The lowest BCUT2D eigenvalue weighted by atomic mass is 10.5. The van der Waals surface area contributed by atoms with Crippen LogP contribution >= 0.6 is 11.8 Å². The van der Waals surface area contributed by atoms with Gasteiger partial charge in [0.25, 0.3) is 0 Å². The van der Waals surface area contributed by atoms with Gasteiger partial charge in [0.1, 0.15) is 5.82 Å². The van der Waals surface area contributed by atoms with Gasteiger partial charge in [0.05, 0.1) is 18.1 Å². The third kappa shape index (κ3) is 5.32. The lowest BCUT2D eigenvalue weighted by Gasteiger charge is -2.08. The highest BCUT2D eigenvalue weighted by atomic mass is 32.2. The molecule has 0 aromatic carbocycles. The molecule has 90 valence electrons. The summed E-state index contributed by atoms with van der Waals surface area (Å²) in [6.45, 7) is 4.03. The number of hydrogen-bond donors (Lipinski definition) is 1. The molecule has 0 bridgehead atoms. The largest absolute Gasteiger partial charge is 0.369 e. The number of anilines is 1. The first-order chi connectivity index (χ1) is 7.72. The Kier molecular flexibility index (Phi) is 6.18. The fraction of sp³-hybridized carbons (Fsp3) is 0.636. The van der Waals surface area contributed by atoms with Gasteiger partial charge in [-0.3, -0.25) is 4.98 Å². The maximum Gasteiger partial charge on any atom is 0.144 e. The zero-order valence-electron chi connectivity index (χ0n) is 10.2. The van der Waals surface area contributed by atoms with Crippen molar-refractivity contribution in [2.45, 2.75) is 12.7 Å². The Labute approximate surface area is 102 Å². The molecule has 5 heteroatoms. The molecule has 4 nitrogen and oxygen atoms in total. The SMILES string of the molecule is CCNc1cnc(CSCCN(C)C)cn1. The Bertz CT molecular complexity index is 287. The third-order valence-electron chi connectivity index (χ3n) is 2.00. The average molecular weight is 240 g/mol. The van der Waals surface area contributed by atoms with Gasteiger partial charge >= 0.3 is 0 Å². The minimum atomic E-state index is 0.851. The second-order valence-electron chi connectivity index (χ2n) is 3.78. The van der Waals surface area contributed by atoms with E-state index in [2.05, 4.69) is 34.3 Å². The van der Waals surface area contributed by atoms with Crippen LogP contribution in [0.4, 0.5) is 5.82 Å². The van der Waals surface area contributed by atoms with Crippen molar-refractivity contribution in [1.82, 2.24) is 14.9 Å². The van der Waals surface area contributed by atoms with Crippen molar-refractivity contribution < 1.29 is 0 Å². The molecule has 0 aliphatic heterocycles. The van der Waals surface area contributed by atoms with Crippen LogP contribution in [-0.2, 0) is 5.75 Å². The normalized spacial score (nSPS) is 10.8. The van der Waals surface area contributed by atoms with Gasteiger partial charge in [-0.2, -0.15) is 11.8 Å². The molecule has 1 aromatic heterocycles. The minimum Gasteiger partial charge on any atom is -0.369 e. The molecule has 0 saturated carbocycles. The summed E-state index contributed by atoms with van der Waals surface area (Å²) in [5.41, 5.74) is 1.05. The highest BCUT2D eigenvalue weighted by Gasteiger charge is 1.98. The van der Waals surface area contributed by atoms with Gasteiger partial charge in [0, 0.05) is 24.6 Å². The van der Waals surface area contributed by atoms with Crippen LogP contribution in [0.5, 0.6) is 0 Å². The molecule has 0 radical (unpaired) electrons. The standard InChI is InChI=1S/C11H20N4S/c1-4-12-11-8-13-10(7-14-11)9-16-6-5-15(2)3/h7-8H,4-6,9H2,1-3H3,(H,12,14). The van der Waals surface area contributed by atoms with Crippen LogP contribution in [0.1, 0.15) is 12.6 Å². The zero-order valence-corrected chi connectivity index (χ0v) is 11.0. The van der Waals surface area contributed by atoms with E-state index >= 15 is 0 Å². The number of rotatable bonds is 7. The summed E-state index contributed by atoms with van der Waals surface area (Å²) in [5, 5.41) is 3.13. The number of aromatic nitrogens is 2. The predicted octanol–water partition coefficient (Wildman–Crippen LogP) is 1.70. The van der Waals surface area contributed by atoms with E-state index in [1.54, 1.807) is 6.20 Å². The summed E-state index contributed by atoms with van der Waals surface area (Å²) in [7, 11) is 4.18. The van der Waals surface area contributed by atoms with Crippen molar-refractivity contribution in [3.05, 3.63) is 18.1 Å². The van der Waals surface area contributed by atoms with Crippen molar-refractivity contribution in [2.75, 3.05) is 38.3 Å². The van der Waals surface area contributed by atoms with Crippen LogP contribution in [0, 0.1) is 0 Å². The molecule has 1 aromatic rings. The molecule has 1 rings (SSSR count). The van der Waals surface area contributed by atoms with Crippen molar-refractivity contribution in [2.24, 2.45) is 0 Å². The van der Waals surface area contributed by atoms with Crippen molar-refractivity contribution >= 4 is 17.6 Å². The van der Waals surface area contributed by atoms with Crippen LogP contribution in [0.2, 0.25) is 0 Å². The van der Waals surface area contributed by atoms with Crippen LogP contribution < -0.4 is 5.32 Å². The van der Waals surface area contributed by atoms with E-state index in [0.717, 1.165) is 36.1 Å². The molecule has 0 unspecified atom stereocenters. The van der Waals surface area contributed by atoms with Crippen LogP contribution in [0.25, 0.3) is 0 Å². The van der Waals surface area contributed by atoms with Crippen molar-refractivity contribution in [3.8, 4) is 0 Å². The number of nitrogens with one attached hydrogen (secondary N) is 1. The predicted molar refractivity (Wildman–Crippen MR) is 70.9 cm³/mol. The topological polar surface area (TPSA) is 41.1 Å². The second-order valence-corrected chi connectivity index (χ2v) is 4.88. The first-order valence-electron chi connectivity index (χ1n) is 5.49. The van der Waals surface area contributed by atoms with Crippen molar-refractivity contribution in [3.63, 3.8) is 0 Å². The Morgan fingerprint density at radius 3 is 2.69 bits per heavy atom. The van der Waals surface area contributed by atoms with Gasteiger partial charge in [-0.05, 0) is 21.0 Å². The average Bonchev–Trinajstić information content (AvgIpc) is 2.27. The molecule has 0 spiro atoms. The molecule has 0 amide bonds. The Hall–Kier alpha value is -0.810. The summed E-state index contributed by atoms with van der Waals surface area (Å²) in [5.74, 6) is 2.92. The van der Waals surface area contributed by atoms with Gasteiger partial charge in [0.15, 0.2) is 0 Å². The van der Waals surface area contributed by atoms with E-state index < -0.39 is 0 Å². The lowest BCUT2D eigenvalue weighted by molar-refractivity contribution is 0.437. The van der Waals surface area contributed by atoms with Crippen LogP contribution in [0.15, 0.2) is 12.4 Å². The van der Waals surface area contributed by atoms with Crippen molar-refractivity contribution in [1.29, 1.82) is 0 Å². The first-order valence-corrected chi connectivity index (χ1v) is 6.65. The van der Waals surface area contributed by atoms with E-state index in [0.29, 0.717) is 0 Å². The van der Waals surface area contributed by atoms with Crippen LogP contribution in [-0.4, -0.2) is 47.8 Å². The van der Waals surface area contributed by atoms with Crippen LogP contribution in [0.3, 0.4) is 0 Å². The Morgan fingerprint density at radius 2 is 2.12 bits per heavy atom. The maximum atomic E-state index is 4.35. The molecule has 0 saturated heterocycles. The lowest BCUT2D eigenvalue weighted by Crippen LogP contribution is -2.14. The van der Waals surface area contributed by atoms with E-state index in [-0.39, 0.29) is 0 Å². The Morgan fingerprint density at radius 1 is 1.31 bits per heavy atom. The molecule has 0 aliphatic rings. The Balaban J connectivity index is 2.26. The number of nitrogens with zero attached hydrogens (tertiary/aromatic N) is 3. The minimum absolute atomic E-state index is 0.851. The second kappa shape index (κ2) is 7.46. The highest BCUT2D eigenvalue weighted by Crippen LogP contribution is 2.10. The van der Waals surface area contributed by atoms with Gasteiger partial charge in [-0.1, -0.05) is 0 Å². The summed E-state index contributed by atoms with van der Waals surface area (Å²) in [6.07, 6.45) is 3.64. The quantitative estimate of drug-likeness (QED) is 0.735. The molecule has 0 fully saturated rings. The fourth-order valence-corrected chi connectivity index (χ4v) is 2.12. The summed E-state index contributed by atoms with van der Waals surface area (Å²) in [6, 6.07) is 0. The molecule has 1 N–H and O–H groups in total. The number of hydrogen-bond acceptors (Lipinski definition) is 5. The maximum absolute atomic E-state index is 4.35.